The summed E-state index contributed by atoms with van der Waals surface area (Å²) in [7, 11) is 0. The Bertz CT molecular complexity index is 847. The van der Waals surface area contributed by atoms with Crippen molar-refractivity contribution in [3.63, 3.8) is 0 Å². The fourth-order valence-corrected chi connectivity index (χ4v) is 3.38. The van der Waals surface area contributed by atoms with Gasteiger partial charge in [0.2, 0.25) is 11.8 Å². The Kier molecular flexibility index (Phi) is 5.28. The van der Waals surface area contributed by atoms with E-state index in [1.807, 2.05) is 17.0 Å². The molecule has 1 N–H and O–H groups in total. The lowest BCUT2D eigenvalue weighted by Gasteiger charge is -2.16. The van der Waals surface area contributed by atoms with Gasteiger partial charge in [-0.1, -0.05) is 12.1 Å². The largest absolute Gasteiger partial charge is 0.457 e. The van der Waals surface area contributed by atoms with Crippen molar-refractivity contribution in [2.75, 3.05) is 13.1 Å². The molecule has 4 rings (SSSR count). The maximum absolute atomic E-state index is 12.9. The highest BCUT2D eigenvalue weighted by atomic mass is 19.1. The van der Waals surface area contributed by atoms with E-state index in [0.717, 1.165) is 12.1 Å². The molecule has 0 unspecified atom stereocenters. The second-order valence-corrected chi connectivity index (χ2v) is 7.56. The highest BCUT2D eigenvalue weighted by molar-refractivity contribution is 5.89. The van der Waals surface area contributed by atoms with Crippen LogP contribution in [0.5, 0.6) is 11.5 Å². The minimum absolute atomic E-state index is 0.0710. The van der Waals surface area contributed by atoms with Crippen LogP contribution in [-0.2, 0) is 16.1 Å². The number of carbonyl (C=O) groups excluding carboxylic acids is 2. The van der Waals surface area contributed by atoms with E-state index in [1.54, 1.807) is 24.3 Å². The summed E-state index contributed by atoms with van der Waals surface area (Å²) in [6, 6.07) is 13.2. The van der Waals surface area contributed by atoms with Crippen LogP contribution in [0.4, 0.5) is 4.39 Å². The highest BCUT2D eigenvalue weighted by Crippen LogP contribution is 2.32. The molecule has 0 bridgehead atoms. The molecule has 2 aliphatic rings. The third-order valence-corrected chi connectivity index (χ3v) is 5.20. The van der Waals surface area contributed by atoms with E-state index in [4.69, 9.17) is 4.74 Å². The van der Waals surface area contributed by atoms with Gasteiger partial charge in [-0.25, -0.2) is 4.39 Å². The number of likely N-dealkylation sites (tertiary alicyclic amines) is 1. The van der Waals surface area contributed by atoms with Crippen molar-refractivity contribution >= 4 is 11.8 Å². The van der Waals surface area contributed by atoms with Gasteiger partial charge in [0.05, 0.1) is 5.92 Å². The molecule has 28 heavy (non-hydrogen) atoms. The fraction of sp³-hybridized carbons (Fsp3) is 0.364. The van der Waals surface area contributed by atoms with E-state index in [2.05, 4.69) is 5.32 Å². The van der Waals surface area contributed by atoms with E-state index < -0.39 is 0 Å². The van der Waals surface area contributed by atoms with Crippen molar-refractivity contribution in [2.24, 2.45) is 11.8 Å². The summed E-state index contributed by atoms with van der Waals surface area (Å²) < 4.78 is 18.6. The molecule has 1 heterocycles. The summed E-state index contributed by atoms with van der Waals surface area (Å²) in [4.78, 5) is 26.3. The monoisotopic (exact) mass is 382 g/mol. The van der Waals surface area contributed by atoms with Crippen LogP contribution in [0.3, 0.4) is 0 Å². The molecule has 0 radical (unpaired) electrons. The number of ether oxygens (including phenoxy) is 1. The molecule has 146 valence electrons. The normalized spacial score (nSPS) is 19.0. The number of nitrogens with zero attached hydrogens (tertiary/aromatic N) is 1. The summed E-state index contributed by atoms with van der Waals surface area (Å²) >= 11 is 0. The van der Waals surface area contributed by atoms with Crippen LogP contribution in [0, 0.1) is 17.7 Å². The Balaban J connectivity index is 1.26. The topological polar surface area (TPSA) is 58.6 Å². The quantitative estimate of drug-likeness (QED) is 0.797. The van der Waals surface area contributed by atoms with Crippen LogP contribution in [0.1, 0.15) is 24.8 Å². The molecule has 2 aromatic carbocycles. The molecular formula is C22H23FN2O3. The van der Waals surface area contributed by atoms with Gasteiger partial charge in [0.15, 0.2) is 0 Å². The number of halogens is 1. The third kappa shape index (κ3) is 4.68. The molecular weight excluding hydrogens is 359 g/mol. The van der Waals surface area contributed by atoms with Gasteiger partial charge in [0.1, 0.15) is 17.3 Å². The predicted octanol–water partition coefficient (Wildman–Crippen LogP) is 3.49. The van der Waals surface area contributed by atoms with Crippen molar-refractivity contribution in [1.29, 1.82) is 0 Å². The molecule has 5 nitrogen and oxygen atoms in total. The first-order chi connectivity index (χ1) is 13.6. The number of hydrogen-bond acceptors (Lipinski definition) is 3. The Morgan fingerprint density at radius 2 is 1.71 bits per heavy atom. The maximum atomic E-state index is 12.9. The van der Waals surface area contributed by atoms with Gasteiger partial charge in [-0.05, 0) is 60.7 Å². The minimum Gasteiger partial charge on any atom is -0.457 e. The molecule has 1 atom stereocenters. The smallest absolute Gasteiger partial charge is 0.225 e. The van der Waals surface area contributed by atoms with E-state index in [9.17, 15) is 14.0 Å². The first-order valence-electron chi connectivity index (χ1n) is 9.64. The van der Waals surface area contributed by atoms with E-state index >= 15 is 0 Å². The van der Waals surface area contributed by atoms with Crippen molar-refractivity contribution in [2.45, 2.75) is 25.8 Å². The first-order valence-corrected chi connectivity index (χ1v) is 9.64. The second kappa shape index (κ2) is 8.00. The molecule has 1 aliphatic heterocycles. The average molecular weight is 382 g/mol. The summed E-state index contributed by atoms with van der Waals surface area (Å²) in [5.74, 6) is 1.29. The molecule has 1 aliphatic carbocycles. The lowest BCUT2D eigenvalue weighted by Crippen LogP contribution is -2.33. The van der Waals surface area contributed by atoms with Crippen LogP contribution in [0.2, 0.25) is 0 Å². The molecule has 2 aromatic rings. The third-order valence-electron chi connectivity index (χ3n) is 5.20. The van der Waals surface area contributed by atoms with Gasteiger partial charge < -0.3 is 15.0 Å². The molecule has 0 spiro atoms. The number of benzene rings is 2. The van der Waals surface area contributed by atoms with E-state index in [0.29, 0.717) is 36.9 Å². The molecule has 2 amide bonds. The van der Waals surface area contributed by atoms with Crippen LogP contribution in [0.25, 0.3) is 0 Å². The second-order valence-electron chi connectivity index (χ2n) is 7.56. The lowest BCUT2D eigenvalue weighted by atomic mass is 10.1. The van der Waals surface area contributed by atoms with Gasteiger partial charge in [-0.15, -0.1) is 0 Å². The molecule has 6 heteroatoms. The summed E-state index contributed by atoms with van der Waals surface area (Å²) in [6.07, 6.45) is 2.70. The average Bonchev–Trinajstić information content (AvgIpc) is 3.44. The van der Waals surface area contributed by atoms with Crippen LogP contribution >= 0.6 is 0 Å². The fourth-order valence-electron chi connectivity index (χ4n) is 3.38. The molecule has 1 saturated heterocycles. The van der Waals surface area contributed by atoms with Crippen molar-refractivity contribution < 1.29 is 18.7 Å². The zero-order valence-electron chi connectivity index (χ0n) is 15.6. The zero-order valence-corrected chi connectivity index (χ0v) is 15.6. The van der Waals surface area contributed by atoms with Gasteiger partial charge in [0.25, 0.3) is 0 Å². The van der Waals surface area contributed by atoms with Crippen LogP contribution in [0.15, 0.2) is 48.5 Å². The van der Waals surface area contributed by atoms with Crippen LogP contribution < -0.4 is 10.1 Å². The molecule has 1 saturated carbocycles. The SMILES string of the molecule is O=C(NCc1ccc(Oc2ccc(F)cc2)cc1)[C@@H]1CC(=O)N(CC2CC2)C1. The van der Waals surface area contributed by atoms with Gasteiger partial charge in [0, 0.05) is 26.1 Å². The van der Waals surface area contributed by atoms with Crippen molar-refractivity contribution in [3.8, 4) is 11.5 Å². The minimum atomic E-state index is -0.307. The summed E-state index contributed by atoms with van der Waals surface area (Å²) in [5, 5.41) is 2.93. The zero-order chi connectivity index (χ0) is 19.5. The number of hydrogen-bond donors (Lipinski definition) is 1. The van der Waals surface area contributed by atoms with Gasteiger partial charge >= 0.3 is 0 Å². The number of amides is 2. The van der Waals surface area contributed by atoms with Gasteiger partial charge in [-0.2, -0.15) is 0 Å². The van der Waals surface area contributed by atoms with Crippen molar-refractivity contribution in [1.82, 2.24) is 10.2 Å². The Hall–Kier alpha value is -2.89. The lowest BCUT2D eigenvalue weighted by molar-refractivity contribution is -0.129. The summed E-state index contributed by atoms with van der Waals surface area (Å²) in [5.41, 5.74) is 0.943. The first kappa shape index (κ1) is 18.5. The number of rotatable bonds is 7. The Morgan fingerprint density at radius 1 is 1.07 bits per heavy atom. The Labute approximate surface area is 163 Å². The highest BCUT2D eigenvalue weighted by Gasteiger charge is 2.36. The van der Waals surface area contributed by atoms with Crippen molar-refractivity contribution in [3.05, 3.63) is 59.9 Å². The predicted molar refractivity (Wildman–Crippen MR) is 102 cm³/mol. The van der Waals surface area contributed by atoms with E-state index in [-0.39, 0.29) is 23.5 Å². The molecule has 2 fully saturated rings. The number of nitrogens with one attached hydrogen (secondary N) is 1. The molecule has 0 aromatic heterocycles. The van der Waals surface area contributed by atoms with E-state index in [1.165, 1.54) is 25.0 Å². The number of carbonyl (C=O) groups is 2. The summed E-state index contributed by atoms with van der Waals surface area (Å²) in [6.45, 7) is 1.74. The van der Waals surface area contributed by atoms with Gasteiger partial charge in [-0.3, -0.25) is 9.59 Å². The Morgan fingerprint density at radius 3 is 2.36 bits per heavy atom. The van der Waals surface area contributed by atoms with Crippen LogP contribution in [-0.4, -0.2) is 29.8 Å². The maximum Gasteiger partial charge on any atom is 0.225 e. The standard InChI is InChI=1S/C22H23FN2O3/c23-18-5-9-20(10-6-18)28-19-7-3-15(4-8-19)12-24-22(27)17-11-21(26)25(14-17)13-16-1-2-16/h3-10,16-17H,1-2,11-14H2,(H,24,27)/t17-/m1/s1.